The number of carbonyl (C=O) groups excluding carboxylic acids is 1. The fourth-order valence-corrected chi connectivity index (χ4v) is 18.6. The first-order valence-electron chi connectivity index (χ1n) is 8.10. The summed E-state index contributed by atoms with van der Waals surface area (Å²) in [6.45, 7) is 10.5. The van der Waals surface area contributed by atoms with Gasteiger partial charge in [0.05, 0.1) is 0 Å². The SMILES string of the molecule is C=C=[C](C(=O)OC)[Sn]([CH2]CCC)([CH2]CCC)[CH2]CCC. The molecule has 2 nitrogen and oxygen atoms in total. The molecule has 0 unspecified atom stereocenters. The Morgan fingerprint density at radius 2 is 1.40 bits per heavy atom. The van der Waals surface area contributed by atoms with Crippen LogP contribution in [0.1, 0.15) is 59.3 Å². The summed E-state index contributed by atoms with van der Waals surface area (Å²) < 4.78 is 9.65. The van der Waals surface area contributed by atoms with Gasteiger partial charge >= 0.3 is 129 Å². The minimum absolute atomic E-state index is 0.154. The number of rotatable bonds is 11. The summed E-state index contributed by atoms with van der Waals surface area (Å²) in [4.78, 5) is 12.2. The predicted molar refractivity (Wildman–Crippen MR) is 89.6 cm³/mol. The van der Waals surface area contributed by atoms with E-state index in [0.717, 1.165) is 3.59 Å². The molecule has 0 saturated carbocycles. The van der Waals surface area contributed by atoms with E-state index in [1.165, 1.54) is 58.9 Å². The molecular formula is C17H32O2Sn. The molecule has 0 rings (SSSR count). The third-order valence-electron chi connectivity index (χ3n) is 4.12. The van der Waals surface area contributed by atoms with Crippen molar-refractivity contribution in [3.8, 4) is 0 Å². The van der Waals surface area contributed by atoms with E-state index in [0.29, 0.717) is 0 Å². The zero-order chi connectivity index (χ0) is 15.4. The van der Waals surface area contributed by atoms with Crippen LogP contribution >= 0.6 is 0 Å². The van der Waals surface area contributed by atoms with Gasteiger partial charge in [-0.15, -0.1) is 0 Å². The van der Waals surface area contributed by atoms with Crippen LogP contribution in [0.2, 0.25) is 13.3 Å². The molecule has 0 aromatic heterocycles. The van der Waals surface area contributed by atoms with Gasteiger partial charge in [0, 0.05) is 0 Å². The average molecular weight is 387 g/mol. The van der Waals surface area contributed by atoms with Gasteiger partial charge in [0.25, 0.3) is 0 Å². The van der Waals surface area contributed by atoms with Crippen molar-refractivity contribution in [2.24, 2.45) is 0 Å². The van der Waals surface area contributed by atoms with Crippen molar-refractivity contribution in [2.75, 3.05) is 7.11 Å². The van der Waals surface area contributed by atoms with Crippen LogP contribution in [-0.2, 0) is 9.53 Å². The van der Waals surface area contributed by atoms with Gasteiger partial charge in [-0.05, 0) is 0 Å². The van der Waals surface area contributed by atoms with Crippen LogP contribution < -0.4 is 0 Å². The van der Waals surface area contributed by atoms with Crippen molar-refractivity contribution in [1.82, 2.24) is 0 Å². The quantitative estimate of drug-likeness (QED) is 0.209. The van der Waals surface area contributed by atoms with Crippen LogP contribution in [0.15, 0.2) is 15.9 Å². The summed E-state index contributed by atoms with van der Waals surface area (Å²) in [5.41, 5.74) is 3.01. The Hall–Kier alpha value is -0.211. The molecule has 0 heterocycles. The number of carbonyl (C=O) groups is 1. The molecule has 0 radical (unpaired) electrons. The van der Waals surface area contributed by atoms with E-state index >= 15 is 0 Å². The fraction of sp³-hybridized carbons (Fsp3) is 0.765. The molecule has 3 heteroatoms. The van der Waals surface area contributed by atoms with Gasteiger partial charge in [-0.2, -0.15) is 0 Å². The second-order valence-corrected chi connectivity index (χ2v) is 18.7. The molecule has 0 spiro atoms. The van der Waals surface area contributed by atoms with E-state index in [4.69, 9.17) is 4.74 Å². The Kier molecular flexibility index (Phi) is 11.3. The summed E-state index contributed by atoms with van der Waals surface area (Å²) in [7, 11) is 1.48. The number of esters is 1. The van der Waals surface area contributed by atoms with Crippen LogP contribution in [0.4, 0.5) is 0 Å². The second kappa shape index (κ2) is 11.4. The molecule has 0 aliphatic rings. The van der Waals surface area contributed by atoms with Crippen LogP contribution in [0.25, 0.3) is 0 Å². The zero-order valence-corrected chi connectivity index (χ0v) is 16.7. The normalized spacial score (nSPS) is 11.0. The maximum absolute atomic E-state index is 12.2. The van der Waals surface area contributed by atoms with Crippen LogP contribution in [0.5, 0.6) is 0 Å². The van der Waals surface area contributed by atoms with E-state index < -0.39 is 18.4 Å². The van der Waals surface area contributed by atoms with Gasteiger partial charge in [-0.25, -0.2) is 0 Å². The Morgan fingerprint density at radius 1 is 1.00 bits per heavy atom. The third-order valence-corrected chi connectivity index (χ3v) is 19.5. The van der Waals surface area contributed by atoms with Crippen molar-refractivity contribution in [3.05, 3.63) is 15.9 Å². The van der Waals surface area contributed by atoms with Gasteiger partial charge < -0.3 is 0 Å². The first-order chi connectivity index (χ1) is 9.61. The minimum atomic E-state index is -2.68. The Bertz CT molecular complexity index is 308. The first kappa shape index (κ1) is 19.8. The summed E-state index contributed by atoms with van der Waals surface area (Å²) in [5, 5.41) is 0. The molecule has 0 N–H and O–H groups in total. The molecule has 0 aromatic carbocycles. The third kappa shape index (κ3) is 6.05. The van der Waals surface area contributed by atoms with Gasteiger partial charge in [-0.3, -0.25) is 0 Å². The van der Waals surface area contributed by atoms with Gasteiger partial charge in [0.15, 0.2) is 0 Å². The fourth-order valence-electron chi connectivity index (χ4n) is 2.87. The van der Waals surface area contributed by atoms with Crippen molar-refractivity contribution >= 4 is 24.3 Å². The van der Waals surface area contributed by atoms with E-state index in [2.05, 4.69) is 33.1 Å². The van der Waals surface area contributed by atoms with Crippen molar-refractivity contribution in [2.45, 2.75) is 72.6 Å². The molecule has 0 saturated heterocycles. The Labute approximate surface area is 129 Å². The van der Waals surface area contributed by atoms with Crippen molar-refractivity contribution in [1.29, 1.82) is 0 Å². The standard InChI is InChI=1S/C5H5O2.3C4H9.Sn/c1-3-4-5(6)7-2;3*1-3-4-2;/h1H2,2H3;3*1,3-4H2,2H3;. The maximum atomic E-state index is 12.2. The van der Waals surface area contributed by atoms with Gasteiger partial charge in [-0.1, -0.05) is 0 Å². The molecule has 0 fully saturated rings. The Morgan fingerprint density at radius 3 is 1.65 bits per heavy atom. The van der Waals surface area contributed by atoms with Crippen LogP contribution in [0, 0.1) is 0 Å². The van der Waals surface area contributed by atoms with E-state index in [-0.39, 0.29) is 5.97 Å². The number of unbranched alkanes of at least 4 members (excludes halogenated alkanes) is 3. The first-order valence-corrected chi connectivity index (χ1v) is 15.6. The molecule has 0 amide bonds. The molecule has 0 atom stereocenters. The summed E-state index contributed by atoms with van der Waals surface area (Å²) in [6, 6.07) is 0. The topological polar surface area (TPSA) is 26.3 Å². The summed E-state index contributed by atoms with van der Waals surface area (Å²) >= 11 is -2.68. The molecule has 116 valence electrons. The molecule has 20 heavy (non-hydrogen) atoms. The van der Waals surface area contributed by atoms with E-state index in [1.54, 1.807) is 0 Å². The summed E-state index contributed by atoms with van der Waals surface area (Å²) in [6.07, 6.45) is 7.27. The zero-order valence-electron chi connectivity index (χ0n) is 13.9. The number of hydrogen-bond acceptors (Lipinski definition) is 2. The number of hydrogen-bond donors (Lipinski definition) is 0. The van der Waals surface area contributed by atoms with Gasteiger partial charge in [0.2, 0.25) is 0 Å². The molecular weight excluding hydrogens is 355 g/mol. The Balaban J connectivity index is 5.40. The van der Waals surface area contributed by atoms with E-state index in [1.807, 2.05) is 0 Å². The number of ether oxygens (including phenoxy) is 1. The number of methoxy groups -OCH3 is 1. The molecule has 0 aliphatic heterocycles. The molecule has 0 bridgehead atoms. The van der Waals surface area contributed by atoms with Crippen LogP contribution in [-0.4, -0.2) is 31.5 Å². The van der Waals surface area contributed by atoms with E-state index in [9.17, 15) is 4.79 Å². The van der Waals surface area contributed by atoms with Gasteiger partial charge in [0.1, 0.15) is 0 Å². The molecule has 0 aliphatic carbocycles. The summed E-state index contributed by atoms with van der Waals surface area (Å²) in [5.74, 6) is -0.154. The monoisotopic (exact) mass is 388 g/mol. The predicted octanol–water partition coefficient (Wildman–Crippen LogP) is 5.26. The second-order valence-electron chi connectivity index (χ2n) is 5.63. The van der Waals surface area contributed by atoms with Crippen LogP contribution in [0.3, 0.4) is 0 Å². The molecule has 0 aromatic rings. The van der Waals surface area contributed by atoms with Crippen molar-refractivity contribution < 1.29 is 9.53 Å². The average Bonchev–Trinajstić information content (AvgIpc) is 2.48. The van der Waals surface area contributed by atoms with Crippen molar-refractivity contribution in [3.63, 3.8) is 0 Å².